The third kappa shape index (κ3) is 8.29. The largest absolute Gasteiger partial charge is 0.494 e. The summed E-state index contributed by atoms with van der Waals surface area (Å²) in [5, 5.41) is 0. The van der Waals surface area contributed by atoms with Crippen LogP contribution in [0.15, 0.2) is 109 Å². The highest BCUT2D eigenvalue weighted by Crippen LogP contribution is 2.35. The molecule has 42 heavy (non-hydrogen) atoms. The van der Waals surface area contributed by atoms with Crippen LogP contribution < -0.4 is 18.9 Å². The van der Waals surface area contributed by atoms with Crippen LogP contribution in [0.3, 0.4) is 0 Å². The van der Waals surface area contributed by atoms with Crippen LogP contribution in [0.2, 0.25) is 0 Å². The zero-order valence-corrected chi connectivity index (χ0v) is 24.7. The molecule has 0 amide bonds. The first-order valence-corrected chi connectivity index (χ1v) is 14.9. The van der Waals surface area contributed by atoms with Gasteiger partial charge in [0, 0.05) is 11.1 Å². The summed E-state index contributed by atoms with van der Waals surface area (Å²) in [7, 11) is 0. The highest BCUT2D eigenvalue weighted by Gasteiger charge is 2.18. The summed E-state index contributed by atoms with van der Waals surface area (Å²) >= 11 is 0. The van der Waals surface area contributed by atoms with E-state index in [9.17, 15) is 0 Å². The van der Waals surface area contributed by atoms with Crippen molar-refractivity contribution < 1.29 is 18.9 Å². The van der Waals surface area contributed by atoms with Crippen LogP contribution in [0.4, 0.5) is 0 Å². The van der Waals surface area contributed by atoms with Gasteiger partial charge in [-0.3, -0.25) is 0 Å². The van der Waals surface area contributed by atoms with E-state index in [4.69, 9.17) is 18.9 Å². The molecule has 4 aromatic carbocycles. The van der Waals surface area contributed by atoms with Gasteiger partial charge in [0.05, 0.1) is 13.2 Å². The molecule has 0 N–H and O–H groups in total. The first-order chi connectivity index (χ1) is 20.5. The van der Waals surface area contributed by atoms with Crippen molar-refractivity contribution in [2.75, 3.05) is 13.2 Å². The monoisotopic (exact) mass is 560 g/mol. The first kappa shape index (κ1) is 29.1. The van der Waals surface area contributed by atoms with Crippen molar-refractivity contribution >= 4 is 11.5 Å². The van der Waals surface area contributed by atoms with E-state index in [0.717, 1.165) is 72.0 Å². The molecule has 0 aromatic heterocycles. The normalized spacial score (nSPS) is 12.3. The van der Waals surface area contributed by atoms with Crippen LogP contribution in [0.5, 0.6) is 23.0 Å². The molecular formula is C38H40O4. The maximum atomic E-state index is 6.35. The molecule has 0 heterocycles. The van der Waals surface area contributed by atoms with Crippen LogP contribution in [0.25, 0.3) is 11.5 Å². The number of hydrogen-bond donors (Lipinski definition) is 0. The van der Waals surface area contributed by atoms with Gasteiger partial charge in [-0.2, -0.15) is 0 Å². The van der Waals surface area contributed by atoms with Gasteiger partial charge in [-0.05, 0) is 106 Å². The van der Waals surface area contributed by atoms with Gasteiger partial charge in [-0.1, -0.05) is 66.2 Å². The smallest absolute Gasteiger partial charge is 0.133 e. The third-order valence-electron chi connectivity index (χ3n) is 7.40. The standard InChI is InChI=1S/C38H40O4/c1-28-10-14-31(15-11-28)30(3)41-36-22-18-34(19-23-36)39-26-5-4-6-27-40-35-20-24-37(25-21-35)42-38(32-8-7-9-32)33-16-12-29(2)13-17-33/h10-25H,3-9,26-27H2,1-2H3. The molecule has 4 nitrogen and oxygen atoms in total. The summed E-state index contributed by atoms with van der Waals surface area (Å²) in [6.07, 6.45) is 6.44. The molecule has 0 saturated heterocycles. The van der Waals surface area contributed by atoms with Gasteiger partial charge >= 0.3 is 0 Å². The second-order valence-electron chi connectivity index (χ2n) is 10.8. The average molecular weight is 561 g/mol. The predicted octanol–water partition coefficient (Wildman–Crippen LogP) is 9.96. The van der Waals surface area contributed by atoms with E-state index in [1.807, 2.05) is 60.7 Å². The van der Waals surface area contributed by atoms with Crippen molar-refractivity contribution in [1.29, 1.82) is 0 Å². The fourth-order valence-corrected chi connectivity index (χ4v) is 4.65. The van der Waals surface area contributed by atoms with E-state index in [1.165, 1.54) is 23.1 Å². The van der Waals surface area contributed by atoms with Gasteiger partial charge in [0.1, 0.15) is 34.5 Å². The Kier molecular flexibility index (Phi) is 10.0. The van der Waals surface area contributed by atoms with Crippen LogP contribution >= 0.6 is 0 Å². The van der Waals surface area contributed by atoms with Gasteiger partial charge in [0.2, 0.25) is 0 Å². The maximum Gasteiger partial charge on any atom is 0.133 e. The molecular weight excluding hydrogens is 520 g/mol. The van der Waals surface area contributed by atoms with Crippen LogP contribution in [0.1, 0.15) is 60.8 Å². The summed E-state index contributed by atoms with van der Waals surface area (Å²) in [6, 6.07) is 32.3. The highest BCUT2D eigenvalue weighted by atomic mass is 16.5. The molecule has 0 spiro atoms. The zero-order chi connectivity index (χ0) is 29.1. The summed E-state index contributed by atoms with van der Waals surface area (Å²) in [6.45, 7) is 9.56. The number of allylic oxidation sites excluding steroid dienone is 1. The fraction of sp³-hybridized carbons (Fsp3) is 0.263. The number of rotatable bonds is 14. The average Bonchev–Trinajstić information content (AvgIpc) is 2.98. The highest BCUT2D eigenvalue weighted by molar-refractivity contribution is 5.66. The van der Waals surface area contributed by atoms with E-state index in [1.54, 1.807) is 0 Å². The van der Waals surface area contributed by atoms with Crippen molar-refractivity contribution in [2.45, 2.75) is 52.4 Å². The Morgan fingerprint density at radius 2 is 1.00 bits per heavy atom. The zero-order valence-electron chi connectivity index (χ0n) is 24.7. The lowest BCUT2D eigenvalue weighted by Gasteiger charge is -2.22. The second kappa shape index (κ2) is 14.5. The molecule has 0 atom stereocenters. The van der Waals surface area contributed by atoms with Gasteiger partial charge in [0.15, 0.2) is 0 Å². The molecule has 0 bridgehead atoms. The lowest BCUT2D eigenvalue weighted by molar-refractivity contribution is 0.279. The quantitative estimate of drug-likeness (QED) is 0.114. The molecule has 4 aromatic rings. The fourth-order valence-electron chi connectivity index (χ4n) is 4.65. The van der Waals surface area contributed by atoms with E-state index in [-0.39, 0.29) is 0 Å². The van der Waals surface area contributed by atoms with Crippen LogP contribution in [-0.4, -0.2) is 13.2 Å². The third-order valence-corrected chi connectivity index (χ3v) is 7.40. The summed E-state index contributed by atoms with van der Waals surface area (Å²) in [4.78, 5) is 0. The van der Waals surface area contributed by atoms with Gasteiger partial charge in [-0.15, -0.1) is 0 Å². The molecule has 1 saturated carbocycles. The lowest BCUT2D eigenvalue weighted by Crippen LogP contribution is -2.06. The first-order valence-electron chi connectivity index (χ1n) is 14.9. The van der Waals surface area contributed by atoms with Gasteiger partial charge in [-0.25, -0.2) is 0 Å². The molecule has 0 aliphatic heterocycles. The molecule has 216 valence electrons. The van der Waals surface area contributed by atoms with Crippen molar-refractivity contribution in [3.8, 4) is 23.0 Å². The Balaban J connectivity index is 0.979. The topological polar surface area (TPSA) is 36.9 Å². The number of aryl methyl sites for hydroxylation is 2. The van der Waals surface area contributed by atoms with E-state index in [0.29, 0.717) is 19.0 Å². The van der Waals surface area contributed by atoms with E-state index in [2.05, 4.69) is 56.8 Å². The van der Waals surface area contributed by atoms with Crippen molar-refractivity contribution in [1.82, 2.24) is 0 Å². The Bertz CT molecular complexity index is 1460. The van der Waals surface area contributed by atoms with Crippen LogP contribution in [0, 0.1) is 13.8 Å². The minimum atomic E-state index is 0.629. The Hall–Kier alpha value is -4.44. The van der Waals surface area contributed by atoms with Crippen molar-refractivity contribution in [3.05, 3.63) is 131 Å². The molecule has 1 aliphatic rings. The Morgan fingerprint density at radius 1 is 0.548 bits per heavy atom. The van der Waals surface area contributed by atoms with Gasteiger partial charge in [0.25, 0.3) is 0 Å². The molecule has 1 aliphatic carbocycles. The number of benzene rings is 4. The van der Waals surface area contributed by atoms with E-state index < -0.39 is 0 Å². The minimum Gasteiger partial charge on any atom is -0.494 e. The molecule has 0 radical (unpaired) electrons. The minimum absolute atomic E-state index is 0.629. The SMILES string of the molecule is C=C(Oc1ccc(OCCCCCOc2ccc(OC(=C3CCC3)c3ccc(C)cc3)cc2)cc1)c1ccc(C)cc1. The molecule has 4 heteroatoms. The molecule has 1 fully saturated rings. The van der Waals surface area contributed by atoms with Crippen molar-refractivity contribution in [3.63, 3.8) is 0 Å². The Labute approximate surface area is 250 Å². The number of ether oxygens (including phenoxy) is 4. The molecule has 0 unspecified atom stereocenters. The number of unbranched alkanes of at least 4 members (excludes halogenated alkanes) is 2. The predicted molar refractivity (Wildman–Crippen MR) is 171 cm³/mol. The molecule has 5 rings (SSSR count). The second-order valence-corrected chi connectivity index (χ2v) is 10.8. The van der Waals surface area contributed by atoms with Crippen LogP contribution in [-0.2, 0) is 0 Å². The number of hydrogen-bond acceptors (Lipinski definition) is 4. The summed E-state index contributed by atoms with van der Waals surface area (Å²) in [5.74, 6) is 4.91. The maximum absolute atomic E-state index is 6.35. The van der Waals surface area contributed by atoms with Crippen molar-refractivity contribution in [2.24, 2.45) is 0 Å². The van der Waals surface area contributed by atoms with E-state index >= 15 is 0 Å². The summed E-state index contributed by atoms with van der Waals surface area (Å²) < 4.78 is 24.1. The summed E-state index contributed by atoms with van der Waals surface area (Å²) in [5.41, 5.74) is 5.98. The van der Waals surface area contributed by atoms with Gasteiger partial charge < -0.3 is 18.9 Å². The Morgan fingerprint density at radius 3 is 1.48 bits per heavy atom. The lowest BCUT2D eigenvalue weighted by atomic mass is 9.89.